The average molecular weight is 206 g/mol. The van der Waals surface area contributed by atoms with Crippen molar-refractivity contribution < 1.29 is 4.79 Å². The first-order valence-corrected chi connectivity index (χ1v) is 5.15. The van der Waals surface area contributed by atoms with Gasteiger partial charge in [-0.3, -0.25) is 4.79 Å². The number of rotatable bonds is 5. The number of amides is 1. The largest absolute Gasteiger partial charge is 0.373 e. The van der Waals surface area contributed by atoms with E-state index in [0.29, 0.717) is 12.3 Å². The molecule has 0 radical (unpaired) electrons. The van der Waals surface area contributed by atoms with Crippen molar-refractivity contribution in [2.24, 2.45) is 5.92 Å². The van der Waals surface area contributed by atoms with Crippen LogP contribution < -0.4 is 10.2 Å². The van der Waals surface area contributed by atoms with Crippen molar-refractivity contribution in [2.75, 3.05) is 23.8 Å². The summed E-state index contributed by atoms with van der Waals surface area (Å²) in [7, 11) is 2.03. The Hall–Kier alpha value is -1.51. The van der Waals surface area contributed by atoms with Gasteiger partial charge in [-0.1, -0.05) is 26.0 Å². The predicted molar refractivity (Wildman–Crippen MR) is 64.2 cm³/mol. The van der Waals surface area contributed by atoms with Crippen molar-refractivity contribution in [3.8, 4) is 0 Å². The molecule has 0 spiro atoms. The monoisotopic (exact) mass is 206 g/mol. The molecule has 1 amide bonds. The highest BCUT2D eigenvalue weighted by atomic mass is 16.1. The number of anilines is 2. The molecular weight excluding hydrogens is 188 g/mol. The van der Waals surface area contributed by atoms with E-state index in [0.717, 1.165) is 17.9 Å². The highest BCUT2D eigenvalue weighted by Crippen LogP contribution is 2.24. The SMILES string of the molecule is CC(C)CN(C)c1ccccc1NC=O. The van der Waals surface area contributed by atoms with Crippen LogP contribution in [0, 0.1) is 5.92 Å². The van der Waals surface area contributed by atoms with Crippen molar-refractivity contribution in [2.45, 2.75) is 13.8 Å². The Kier molecular flexibility index (Phi) is 4.16. The molecule has 0 aromatic heterocycles. The van der Waals surface area contributed by atoms with E-state index >= 15 is 0 Å². The highest BCUT2D eigenvalue weighted by molar-refractivity contribution is 5.81. The second kappa shape index (κ2) is 5.39. The number of hydrogen-bond donors (Lipinski definition) is 1. The van der Waals surface area contributed by atoms with Gasteiger partial charge in [-0.15, -0.1) is 0 Å². The summed E-state index contributed by atoms with van der Waals surface area (Å²) in [6.45, 7) is 5.32. The maximum atomic E-state index is 10.4. The summed E-state index contributed by atoms with van der Waals surface area (Å²) in [6, 6.07) is 7.80. The molecule has 0 saturated heterocycles. The molecule has 1 N–H and O–H groups in total. The fraction of sp³-hybridized carbons (Fsp3) is 0.417. The molecule has 1 aromatic rings. The van der Waals surface area contributed by atoms with Gasteiger partial charge in [0.1, 0.15) is 0 Å². The first-order chi connectivity index (χ1) is 7.15. The van der Waals surface area contributed by atoms with Crippen molar-refractivity contribution >= 4 is 17.8 Å². The second-order valence-corrected chi connectivity index (χ2v) is 4.05. The third-order valence-electron chi connectivity index (χ3n) is 2.17. The second-order valence-electron chi connectivity index (χ2n) is 4.05. The molecule has 0 aliphatic heterocycles. The van der Waals surface area contributed by atoms with Gasteiger partial charge in [-0.05, 0) is 18.1 Å². The molecule has 0 unspecified atom stereocenters. The van der Waals surface area contributed by atoms with E-state index in [2.05, 4.69) is 24.1 Å². The van der Waals surface area contributed by atoms with Crippen LogP contribution in [0.25, 0.3) is 0 Å². The molecule has 0 heterocycles. The zero-order valence-electron chi connectivity index (χ0n) is 9.53. The van der Waals surface area contributed by atoms with Gasteiger partial charge in [0.05, 0.1) is 11.4 Å². The van der Waals surface area contributed by atoms with E-state index in [1.165, 1.54) is 0 Å². The number of benzene rings is 1. The molecule has 1 aromatic carbocycles. The fourth-order valence-electron chi connectivity index (χ4n) is 1.64. The van der Waals surface area contributed by atoms with Gasteiger partial charge in [0, 0.05) is 13.6 Å². The van der Waals surface area contributed by atoms with Gasteiger partial charge in [-0.2, -0.15) is 0 Å². The van der Waals surface area contributed by atoms with Crippen molar-refractivity contribution in [3.63, 3.8) is 0 Å². The number of nitrogens with zero attached hydrogens (tertiary/aromatic N) is 1. The van der Waals surface area contributed by atoms with Crippen molar-refractivity contribution in [1.29, 1.82) is 0 Å². The van der Waals surface area contributed by atoms with Gasteiger partial charge in [0.25, 0.3) is 0 Å². The third-order valence-corrected chi connectivity index (χ3v) is 2.17. The van der Waals surface area contributed by atoms with Crippen LogP contribution in [0.5, 0.6) is 0 Å². The third kappa shape index (κ3) is 3.27. The van der Waals surface area contributed by atoms with E-state index < -0.39 is 0 Å². The summed E-state index contributed by atoms with van der Waals surface area (Å²) < 4.78 is 0. The summed E-state index contributed by atoms with van der Waals surface area (Å²) in [5.41, 5.74) is 1.91. The van der Waals surface area contributed by atoms with Crippen LogP contribution in [-0.4, -0.2) is 20.0 Å². The molecule has 3 heteroatoms. The number of carbonyl (C=O) groups excluding carboxylic acids is 1. The van der Waals surface area contributed by atoms with Crippen LogP contribution in [0.2, 0.25) is 0 Å². The summed E-state index contributed by atoms with van der Waals surface area (Å²) in [5, 5.41) is 2.71. The summed E-state index contributed by atoms with van der Waals surface area (Å²) in [6.07, 6.45) is 0.710. The molecule has 0 saturated carbocycles. The zero-order chi connectivity index (χ0) is 11.3. The maximum Gasteiger partial charge on any atom is 0.211 e. The van der Waals surface area contributed by atoms with Crippen LogP contribution >= 0.6 is 0 Å². The van der Waals surface area contributed by atoms with Gasteiger partial charge >= 0.3 is 0 Å². The average Bonchev–Trinajstić information content (AvgIpc) is 2.18. The lowest BCUT2D eigenvalue weighted by atomic mass is 10.2. The van der Waals surface area contributed by atoms with Crippen molar-refractivity contribution in [1.82, 2.24) is 0 Å². The minimum atomic E-state index is 0.597. The highest BCUT2D eigenvalue weighted by Gasteiger charge is 2.07. The lowest BCUT2D eigenvalue weighted by Crippen LogP contribution is -2.23. The normalized spacial score (nSPS) is 10.1. The number of hydrogen-bond acceptors (Lipinski definition) is 2. The van der Waals surface area contributed by atoms with E-state index in [9.17, 15) is 4.79 Å². The Labute approximate surface area is 91.1 Å². The molecule has 0 aliphatic carbocycles. The Morgan fingerprint density at radius 1 is 1.40 bits per heavy atom. The Morgan fingerprint density at radius 3 is 2.67 bits per heavy atom. The topological polar surface area (TPSA) is 32.3 Å². The Balaban J connectivity index is 2.86. The molecule has 3 nitrogen and oxygen atoms in total. The summed E-state index contributed by atoms with van der Waals surface area (Å²) >= 11 is 0. The molecular formula is C12H18N2O. The van der Waals surface area contributed by atoms with E-state index in [1.807, 2.05) is 31.3 Å². The molecule has 1 rings (SSSR count). The van der Waals surface area contributed by atoms with Crippen LogP contribution in [0.15, 0.2) is 24.3 Å². The first-order valence-electron chi connectivity index (χ1n) is 5.15. The zero-order valence-corrected chi connectivity index (χ0v) is 9.53. The summed E-state index contributed by atoms with van der Waals surface area (Å²) in [5.74, 6) is 0.597. The Morgan fingerprint density at radius 2 is 2.07 bits per heavy atom. The van der Waals surface area contributed by atoms with Crippen LogP contribution in [-0.2, 0) is 4.79 Å². The molecule has 0 atom stereocenters. The minimum absolute atomic E-state index is 0.597. The lowest BCUT2D eigenvalue weighted by Gasteiger charge is -2.23. The molecule has 0 bridgehead atoms. The van der Waals surface area contributed by atoms with Gasteiger partial charge < -0.3 is 10.2 Å². The number of para-hydroxylation sites is 2. The maximum absolute atomic E-state index is 10.4. The molecule has 82 valence electrons. The van der Waals surface area contributed by atoms with Gasteiger partial charge in [0.15, 0.2) is 0 Å². The van der Waals surface area contributed by atoms with Crippen LogP contribution in [0.4, 0.5) is 11.4 Å². The fourth-order valence-corrected chi connectivity index (χ4v) is 1.64. The standard InChI is InChI=1S/C12H18N2O/c1-10(2)8-14(3)12-7-5-4-6-11(12)13-9-15/h4-7,9-10H,8H2,1-3H3,(H,13,15). The lowest BCUT2D eigenvalue weighted by molar-refractivity contribution is -0.105. The number of carbonyl (C=O) groups is 1. The van der Waals surface area contributed by atoms with Crippen molar-refractivity contribution in [3.05, 3.63) is 24.3 Å². The Bertz CT molecular complexity index is 323. The van der Waals surface area contributed by atoms with E-state index in [4.69, 9.17) is 0 Å². The molecule has 15 heavy (non-hydrogen) atoms. The van der Waals surface area contributed by atoms with E-state index in [1.54, 1.807) is 0 Å². The number of nitrogens with one attached hydrogen (secondary N) is 1. The van der Waals surface area contributed by atoms with Gasteiger partial charge in [0.2, 0.25) is 6.41 Å². The van der Waals surface area contributed by atoms with Crippen LogP contribution in [0.1, 0.15) is 13.8 Å². The van der Waals surface area contributed by atoms with E-state index in [-0.39, 0.29) is 0 Å². The quantitative estimate of drug-likeness (QED) is 0.750. The first kappa shape index (κ1) is 11.6. The smallest absolute Gasteiger partial charge is 0.211 e. The minimum Gasteiger partial charge on any atom is -0.373 e. The molecule has 0 aliphatic rings. The summed E-state index contributed by atoms with van der Waals surface area (Å²) in [4.78, 5) is 12.6. The molecule has 0 fully saturated rings. The predicted octanol–water partition coefficient (Wildman–Crippen LogP) is 2.35. The van der Waals surface area contributed by atoms with Crippen LogP contribution in [0.3, 0.4) is 0 Å². The van der Waals surface area contributed by atoms with Gasteiger partial charge in [-0.25, -0.2) is 0 Å².